The van der Waals surface area contributed by atoms with Crippen LogP contribution in [0.25, 0.3) is 10.8 Å². The van der Waals surface area contributed by atoms with Crippen LogP contribution in [0.1, 0.15) is 5.56 Å². The summed E-state index contributed by atoms with van der Waals surface area (Å²) in [7, 11) is 0. The van der Waals surface area contributed by atoms with E-state index in [0.29, 0.717) is 5.56 Å². The van der Waals surface area contributed by atoms with Gasteiger partial charge in [0, 0.05) is 4.47 Å². The molecule has 2 heteroatoms. The van der Waals surface area contributed by atoms with Gasteiger partial charge < -0.3 is 0 Å². The minimum atomic E-state index is 0.679. The average Bonchev–Trinajstić information content (AvgIpc) is 2.17. The van der Waals surface area contributed by atoms with Crippen molar-refractivity contribution in [1.29, 1.82) is 5.26 Å². The molecule has 0 aromatic heterocycles. The molecule has 0 amide bonds. The molecule has 0 spiro atoms. The number of fused-ring (bicyclic) bond motifs is 1. The van der Waals surface area contributed by atoms with Crippen molar-refractivity contribution >= 4 is 26.7 Å². The summed E-state index contributed by atoms with van der Waals surface area (Å²) in [6.45, 7) is 0. The summed E-state index contributed by atoms with van der Waals surface area (Å²) in [6, 6.07) is 14.0. The van der Waals surface area contributed by atoms with Gasteiger partial charge in [-0.1, -0.05) is 24.3 Å². The molecule has 0 radical (unpaired) electrons. The van der Waals surface area contributed by atoms with E-state index in [0.717, 1.165) is 15.2 Å². The van der Waals surface area contributed by atoms with Gasteiger partial charge in [0.25, 0.3) is 0 Å². The molecule has 1 nitrogen and oxygen atoms in total. The van der Waals surface area contributed by atoms with E-state index < -0.39 is 0 Å². The van der Waals surface area contributed by atoms with E-state index in [9.17, 15) is 0 Å². The smallest absolute Gasteiger partial charge is 0.100 e. The lowest BCUT2D eigenvalue weighted by Gasteiger charge is -1.99. The lowest BCUT2D eigenvalue weighted by Crippen LogP contribution is -1.78. The van der Waals surface area contributed by atoms with Crippen molar-refractivity contribution in [3.8, 4) is 6.07 Å². The highest BCUT2D eigenvalue weighted by molar-refractivity contribution is 9.10. The largest absolute Gasteiger partial charge is 0.192 e. The quantitative estimate of drug-likeness (QED) is 0.682. The number of nitriles is 1. The predicted molar refractivity (Wildman–Crippen MR) is 56.4 cm³/mol. The molecule has 0 fully saturated rings. The Kier molecular flexibility index (Phi) is 2.03. The Labute approximate surface area is 84.7 Å². The van der Waals surface area contributed by atoms with E-state index in [4.69, 9.17) is 5.26 Å². The topological polar surface area (TPSA) is 23.8 Å². The fourth-order valence-corrected chi connectivity index (χ4v) is 1.75. The molecule has 0 aliphatic rings. The minimum Gasteiger partial charge on any atom is -0.192 e. The first-order valence-electron chi connectivity index (χ1n) is 3.89. The van der Waals surface area contributed by atoms with Crippen molar-refractivity contribution in [3.05, 3.63) is 46.4 Å². The Morgan fingerprint density at radius 3 is 2.31 bits per heavy atom. The van der Waals surface area contributed by atoms with Crippen molar-refractivity contribution < 1.29 is 0 Å². The van der Waals surface area contributed by atoms with Gasteiger partial charge in [0.1, 0.15) is 6.07 Å². The summed E-state index contributed by atoms with van der Waals surface area (Å²) in [6.07, 6.45) is 0. The van der Waals surface area contributed by atoms with E-state index in [-0.39, 0.29) is 0 Å². The normalized spacial score (nSPS) is 9.85. The summed E-state index contributed by atoms with van der Waals surface area (Å²) in [5.74, 6) is 0. The molecule has 0 saturated carbocycles. The zero-order valence-corrected chi connectivity index (χ0v) is 8.38. The summed E-state index contributed by atoms with van der Waals surface area (Å²) < 4.78 is 0.855. The van der Waals surface area contributed by atoms with Gasteiger partial charge in [0.2, 0.25) is 0 Å². The molecule has 0 aliphatic carbocycles. The van der Waals surface area contributed by atoms with Crippen molar-refractivity contribution in [2.45, 2.75) is 0 Å². The number of hydrogen-bond donors (Lipinski definition) is 0. The van der Waals surface area contributed by atoms with Crippen LogP contribution < -0.4 is 0 Å². The Morgan fingerprint density at radius 2 is 1.69 bits per heavy atom. The summed E-state index contributed by atoms with van der Waals surface area (Å²) in [4.78, 5) is 0. The van der Waals surface area contributed by atoms with E-state index in [1.165, 1.54) is 0 Å². The summed E-state index contributed by atoms with van der Waals surface area (Å²) in [5, 5.41) is 11.0. The van der Waals surface area contributed by atoms with E-state index >= 15 is 0 Å². The molecule has 0 atom stereocenters. The lowest BCUT2D eigenvalue weighted by molar-refractivity contribution is 1.48. The molecule has 0 saturated heterocycles. The molecule has 0 bridgehead atoms. The first-order chi connectivity index (χ1) is 6.31. The van der Waals surface area contributed by atoms with Gasteiger partial charge in [-0.05, 0) is 38.8 Å². The third-order valence-corrected chi connectivity index (χ3v) is 2.61. The van der Waals surface area contributed by atoms with Crippen LogP contribution in [0.15, 0.2) is 40.9 Å². The van der Waals surface area contributed by atoms with Gasteiger partial charge in [-0.2, -0.15) is 5.26 Å². The molecule has 0 aliphatic heterocycles. The van der Waals surface area contributed by atoms with Crippen LogP contribution in [0.2, 0.25) is 0 Å². The Hall–Kier alpha value is -1.33. The first kappa shape index (κ1) is 8.28. The second-order valence-electron chi connectivity index (χ2n) is 2.79. The van der Waals surface area contributed by atoms with Crippen molar-refractivity contribution in [2.75, 3.05) is 0 Å². The average molecular weight is 232 g/mol. The highest BCUT2D eigenvalue weighted by Gasteiger charge is 2.00. The van der Waals surface area contributed by atoms with E-state index in [1.54, 1.807) is 0 Å². The van der Waals surface area contributed by atoms with Gasteiger partial charge in [-0.25, -0.2) is 0 Å². The van der Waals surface area contributed by atoms with E-state index in [1.807, 2.05) is 36.4 Å². The second kappa shape index (κ2) is 3.20. The Bertz CT molecular complexity index is 497. The second-order valence-corrected chi connectivity index (χ2v) is 3.65. The summed E-state index contributed by atoms with van der Waals surface area (Å²) in [5.41, 5.74) is 0.679. The fraction of sp³-hybridized carbons (Fsp3) is 0. The standard InChI is InChI=1S/C11H6BrN/c12-11-6-9-4-2-1-3-8(9)5-10(11)7-13/h1-6H. The first-order valence-corrected chi connectivity index (χ1v) is 4.69. The van der Waals surface area contributed by atoms with Crippen LogP contribution in [0.5, 0.6) is 0 Å². The molecule has 0 heterocycles. The van der Waals surface area contributed by atoms with Gasteiger partial charge in [-0.3, -0.25) is 0 Å². The van der Waals surface area contributed by atoms with Gasteiger partial charge in [0.15, 0.2) is 0 Å². The Balaban J connectivity index is 2.83. The predicted octanol–water partition coefficient (Wildman–Crippen LogP) is 3.47. The van der Waals surface area contributed by atoms with Crippen molar-refractivity contribution in [1.82, 2.24) is 0 Å². The number of benzene rings is 2. The number of hydrogen-bond acceptors (Lipinski definition) is 1. The zero-order valence-electron chi connectivity index (χ0n) is 6.79. The van der Waals surface area contributed by atoms with Crippen molar-refractivity contribution in [3.63, 3.8) is 0 Å². The minimum absolute atomic E-state index is 0.679. The van der Waals surface area contributed by atoms with E-state index in [2.05, 4.69) is 22.0 Å². The van der Waals surface area contributed by atoms with Crippen LogP contribution in [0.3, 0.4) is 0 Å². The lowest BCUT2D eigenvalue weighted by atomic mass is 10.1. The number of rotatable bonds is 0. The number of nitrogens with zero attached hydrogens (tertiary/aromatic N) is 1. The number of halogens is 1. The molecule has 62 valence electrons. The van der Waals surface area contributed by atoms with Gasteiger partial charge in [0.05, 0.1) is 5.56 Å². The molecule has 2 aromatic carbocycles. The molecule has 2 aromatic rings. The zero-order chi connectivity index (χ0) is 9.26. The third kappa shape index (κ3) is 1.43. The monoisotopic (exact) mass is 231 g/mol. The molecule has 0 unspecified atom stereocenters. The highest BCUT2D eigenvalue weighted by Crippen LogP contribution is 2.23. The molecular formula is C11H6BrN. The fourth-order valence-electron chi connectivity index (χ4n) is 1.30. The maximum absolute atomic E-state index is 8.80. The van der Waals surface area contributed by atoms with Crippen LogP contribution in [0.4, 0.5) is 0 Å². The molecular weight excluding hydrogens is 226 g/mol. The van der Waals surface area contributed by atoms with Crippen LogP contribution in [-0.4, -0.2) is 0 Å². The molecule has 0 N–H and O–H groups in total. The molecule has 2 rings (SSSR count). The third-order valence-electron chi connectivity index (χ3n) is 1.96. The molecule has 13 heavy (non-hydrogen) atoms. The van der Waals surface area contributed by atoms with Gasteiger partial charge >= 0.3 is 0 Å². The van der Waals surface area contributed by atoms with Crippen LogP contribution >= 0.6 is 15.9 Å². The van der Waals surface area contributed by atoms with Crippen LogP contribution in [0, 0.1) is 11.3 Å². The van der Waals surface area contributed by atoms with Crippen molar-refractivity contribution in [2.24, 2.45) is 0 Å². The van der Waals surface area contributed by atoms with Crippen LogP contribution in [-0.2, 0) is 0 Å². The SMILES string of the molecule is N#Cc1cc2ccccc2cc1Br. The maximum atomic E-state index is 8.80. The highest BCUT2D eigenvalue weighted by atomic mass is 79.9. The maximum Gasteiger partial charge on any atom is 0.100 e. The Morgan fingerprint density at radius 1 is 1.08 bits per heavy atom. The summed E-state index contributed by atoms with van der Waals surface area (Å²) >= 11 is 3.36. The van der Waals surface area contributed by atoms with Gasteiger partial charge in [-0.15, -0.1) is 0 Å².